The fourth-order valence-corrected chi connectivity index (χ4v) is 4.77. The van der Waals surface area contributed by atoms with Crippen LogP contribution in [0.2, 0.25) is 0 Å². The van der Waals surface area contributed by atoms with E-state index in [4.69, 9.17) is 23.4 Å². The molecule has 2 fully saturated rings. The second-order valence-corrected chi connectivity index (χ2v) is 10.2. The summed E-state index contributed by atoms with van der Waals surface area (Å²) in [6.45, 7) is 2.79. The Bertz CT molecular complexity index is 1500. The van der Waals surface area contributed by atoms with Crippen molar-refractivity contribution in [3.05, 3.63) is 40.6 Å². The van der Waals surface area contributed by atoms with E-state index >= 15 is 0 Å². The van der Waals surface area contributed by atoms with Crippen molar-refractivity contribution in [1.29, 1.82) is 0 Å². The van der Waals surface area contributed by atoms with Crippen molar-refractivity contribution < 1.29 is 69.3 Å². The van der Waals surface area contributed by atoms with Gasteiger partial charge in [0.05, 0.1) is 12.2 Å². The van der Waals surface area contributed by atoms with E-state index in [0.717, 1.165) is 6.07 Å². The van der Waals surface area contributed by atoms with Crippen molar-refractivity contribution in [3.63, 3.8) is 0 Å². The molecule has 2 aliphatic heterocycles. The molecule has 5 rings (SSSR count). The predicted octanol–water partition coefficient (Wildman–Crippen LogP) is -1.01. The van der Waals surface area contributed by atoms with Crippen molar-refractivity contribution in [2.45, 2.75) is 75.3 Å². The van der Waals surface area contributed by atoms with E-state index in [1.54, 1.807) is 0 Å². The van der Waals surface area contributed by atoms with Crippen molar-refractivity contribution in [3.8, 4) is 40.1 Å². The molecule has 10 unspecified atom stereocenters. The minimum absolute atomic E-state index is 0.113. The summed E-state index contributed by atoms with van der Waals surface area (Å²) in [6.07, 6.45) is -15.4. The van der Waals surface area contributed by atoms with Gasteiger partial charge in [-0.05, 0) is 38.1 Å². The second kappa shape index (κ2) is 11.2. The van der Waals surface area contributed by atoms with Gasteiger partial charge in [-0.1, -0.05) is 0 Å². The average molecular weight is 595 g/mol. The molecule has 2 saturated heterocycles. The van der Waals surface area contributed by atoms with Crippen molar-refractivity contribution in [2.24, 2.45) is 0 Å². The molecule has 2 aliphatic rings. The van der Waals surface area contributed by atoms with Crippen LogP contribution >= 0.6 is 0 Å². The standard InChI is InChI=1S/C27H30O15/c1-8-15(30)19(34)21(36)26(38-8)41-24-12(29)7-13-14(17(24)32)18(33)25(23(40-13)10-3-5-11(28)6-4-10)42-27-22(37)20(35)16(31)9(2)39-27/h3-9,15-16,19-22,26-32,34-37H,1-2H3. The molecule has 1 aromatic heterocycles. The Kier molecular flexibility index (Phi) is 7.95. The summed E-state index contributed by atoms with van der Waals surface area (Å²) in [5, 5.41) is 91.9. The maximum atomic E-state index is 13.9. The number of phenols is 3. The molecule has 228 valence electrons. The maximum absolute atomic E-state index is 13.9. The molecule has 3 heterocycles. The minimum Gasteiger partial charge on any atom is -0.508 e. The van der Waals surface area contributed by atoms with Gasteiger partial charge in [0.25, 0.3) is 0 Å². The summed E-state index contributed by atoms with van der Waals surface area (Å²) in [4.78, 5) is 13.9. The number of fused-ring (bicyclic) bond motifs is 1. The van der Waals surface area contributed by atoms with E-state index in [1.165, 1.54) is 38.1 Å². The number of hydrogen-bond acceptors (Lipinski definition) is 15. The van der Waals surface area contributed by atoms with Gasteiger partial charge in [-0.15, -0.1) is 0 Å². The second-order valence-electron chi connectivity index (χ2n) is 10.2. The third-order valence-corrected chi connectivity index (χ3v) is 7.26. The highest BCUT2D eigenvalue weighted by Crippen LogP contribution is 2.45. The third kappa shape index (κ3) is 5.10. The van der Waals surface area contributed by atoms with Crippen LogP contribution in [0.3, 0.4) is 0 Å². The Balaban J connectivity index is 1.63. The summed E-state index contributed by atoms with van der Waals surface area (Å²) < 4.78 is 27.8. The van der Waals surface area contributed by atoms with Gasteiger partial charge in [-0.2, -0.15) is 0 Å². The Hall–Kier alpha value is -3.67. The lowest BCUT2D eigenvalue weighted by Crippen LogP contribution is -2.58. The molecule has 15 nitrogen and oxygen atoms in total. The van der Waals surface area contributed by atoms with Crippen LogP contribution in [0, 0.1) is 0 Å². The molecule has 42 heavy (non-hydrogen) atoms. The van der Waals surface area contributed by atoms with E-state index in [1.807, 2.05) is 0 Å². The SMILES string of the molecule is CC1OC(Oc2c(O)cc3oc(-c4ccc(O)cc4)c(OC4OC(C)C(O)C(O)C4O)c(=O)c3c2O)C(O)C(O)C1O. The fourth-order valence-electron chi connectivity index (χ4n) is 4.77. The van der Waals surface area contributed by atoms with Gasteiger partial charge in [0.15, 0.2) is 17.3 Å². The first-order chi connectivity index (χ1) is 19.8. The molecular weight excluding hydrogens is 564 g/mol. The molecule has 3 aromatic rings. The third-order valence-electron chi connectivity index (χ3n) is 7.26. The zero-order chi connectivity index (χ0) is 30.6. The quantitative estimate of drug-likeness (QED) is 0.172. The van der Waals surface area contributed by atoms with Crippen LogP contribution in [0.25, 0.3) is 22.3 Å². The van der Waals surface area contributed by atoms with Gasteiger partial charge < -0.3 is 69.3 Å². The first-order valence-electron chi connectivity index (χ1n) is 12.9. The van der Waals surface area contributed by atoms with Crippen LogP contribution in [0.15, 0.2) is 39.5 Å². The van der Waals surface area contributed by atoms with Gasteiger partial charge >= 0.3 is 0 Å². The lowest BCUT2D eigenvalue weighted by molar-refractivity contribution is -0.268. The lowest BCUT2D eigenvalue weighted by atomic mass is 10.00. The van der Waals surface area contributed by atoms with E-state index in [0.29, 0.717) is 0 Å². The molecule has 0 amide bonds. The zero-order valence-electron chi connectivity index (χ0n) is 22.1. The monoisotopic (exact) mass is 594 g/mol. The molecule has 0 bridgehead atoms. The minimum atomic E-state index is -1.82. The highest BCUT2D eigenvalue weighted by Gasteiger charge is 2.45. The normalized spacial score (nSPS) is 33.4. The number of aromatic hydroxyl groups is 3. The Morgan fingerprint density at radius 3 is 1.71 bits per heavy atom. The van der Waals surface area contributed by atoms with Crippen LogP contribution in [0.1, 0.15) is 13.8 Å². The first kappa shape index (κ1) is 29.8. The van der Waals surface area contributed by atoms with Gasteiger partial charge in [0.2, 0.25) is 29.5 Å². The van der Waals surface area contributed by atoms with Gasteiger partial charge in [-0.25, -0.2) is 0 Å². The molecule has 10 atom stereocenters. The molecule has 0 radical (unpaired) electrons. The number of aliphatic hydroxyl groups excluding tert-OH is 6. The summed E-state index contributed by atoms with van der Waals surface area (Å²) in [7, 11) is 0. The number of benzene rings is 2. The predicted molar refractivity (Wildman–Crippen MR) is 139 cm³/mol. The zero-order valence-corrected chi connectivity index (χ0v) is 22.1. The number of ether oxygens (including phenoxy) is 4. The van der Waals surface area contributed by atoms with Crippen LogP contribution in [0.4, 0.5) is 0 Å². The molecule has 0 spiro atoms. The number of aliphatic hydroxyl groups is 6. The highest BCUT2D eigenvalue weighted by atomic mass is 16.7. The van der Waals surface area contributed by atoms with Crippen LogP contribution in [-0.4, -0.2) is 107 Å². The van der Waals surface area contributed by atoms with Crippen molar-refractivity contribution >= 4 is 11.0 Å². The molecule has 15 heteroatoms. The van der Waals surface area contributed by atoms with Crippen LogP contribution in [-0.2, 0) is 9.47 Å². The smallest absolute Gasteiger partial charge is 0.239 e. The van der Waals surface area contributed by atoms with E-state index in [-0.39, 0.29) is 22.7 Å². The van der Waals surface area contributed by atoms with Gasteiger partial charge in [-0.3, -0.25) is 4.79 Å². The van der Waals surface area contributed by atoms with Crippen LogP contribution < -0.4 is 14.9 Å². The number of phenolic OH excluding ortho intramolecular Hbond substituents is 3. The maximum Gasteiger partial charge on any atom is 0.239 e. The molecule has 2 aromatic carbocycles. The van der Waals surface area contributed by atoms with Crippen molar-refractivity contribution in [2.75, 3.05) is 0 Å². The number of rotatable bonds is 5. The molecular formula is C27H30O15. The fraction of sp³-hybridized carbons (Fsp3) is 0.444. The highest BCUT2D eigenvalue weighted by molar-refractivity contribution is 5.91. The van der Waals surface area contributed by atoms with E-state index in [9.17, 15) is 50.8 Å². The molecule has 9 N–H and O–H groups in total. The average Bonchev–Trinajstić information content (AvgIpc) is 2.95. The van der Waals surface area contributed by atoms with Crippen LogP contribution in [0.5, 0.6) is 28.7 Å². The summed E-state index contributed by atoms with van der Waals surface area (Å²) in [5.74, 6) is -3.48. The first-order valence-corrected chi connectivity index (χ1v) is 12.9. The van der Waals surface area contributed by atoms with E-state index < -0.39 is 95.2 Å². The Labute approximate surface area is 236 Å². The lowest BCUT2D eigenvalue weighted by Gasteiger charge is -2.39. The Morgan fingerprint density at radius 1 is 0.690 bits per heavy atom. The van der Waals surface area contributed by atoms with E-state index in [2.05, 4.69) is 0 Å². The largest absolute Gasteiger partial charge is 0.508 e. The molecule has 0 aliphatic carbocycles. The summed E-state index contributed by atoms with van der Waals surface area (Å²) in [6, 6.07) is 6.23. The topological polar surface area (TPSA) is 249 Å². The Morgan fingerprint density at radius 2 is 1.19 bits per heavy atom. The summed E-state index contributed by atoms with van der Waals surface area (Å²) >= 11 is 0. The summed E-state index contributed by atoms with van der Waals surface area (Å²) in [5.41, 5.74) is -1.24. The van der Waals surface area contributed by atoms with Crippen molar-refractivity contribution in [1.82, 2.24) is 0 Å². The van der Waals surface area contributed by atoms with Gasteiger partial charge in [0, 0.05) is 11.6 Å². The molecule has 0 saturated carbocycles. The number of hydrogen-bond donors (Lipinski definition) is 9. The van der Waals surface area contributed by atoms with Gasteiger partial charge in [0.1, 0.15) is 53.3 Å².